The Balaban J connectivity index is 0.000000202. The minimum atomic E-state index is 0.0806. The summed E-state index contributed by atoms with van der Waals surface area (Å²) in [6.45, 7) is 8.21. The Morgan fingerprint density at radius 2 is 1.30 bits per heavy atom. The van der Waals surface area contributed by atoms with Gasteiger partial charge in [-0.3, -0.25) is 14.6 Å². The van der Waals surface area contributed by atoms with E-state index in [4.69, 9.17) is 9.47 Å². The molecule has 3 aliphatic rings. The Hall–Kier alpha value is -2.48. The molecular formula is C36H43Br2IN4O4. The second-order valence-electron chi connectivity index (χ2n) is 11.6. The predicted molar refractivity (Wildman–Crippen MR) is 205 cm³/mol. The van der Waals surface area contributed by atoms with E-state index >= 15 is 0 Å². The Morgan fingerprint density at radius 1 is 0.787 bits per heavy atom. The molecule has 0 aliphatic carbocycles. The molecule has 11 heteroatoms. The Kier molecular flexibility index (Phi) is 14.6. The number of amides is 2. The van der Waals surface area contributed by atoms with Crippen LogP contribution in [0.15, 0.2) is 69.4 Å². The van der Waals surface area contributed by atoms with Crippen LogP contribution in [0.4, 0.5) is 11.4 Å². The highest BCUT2D eigenvalue weighted by atomic mass is 127. The van der Waals surface area contributed by atoms with Crippen LogP contribution in [-0.4, -0.2) is 73.1 Å². The van der Waals surface area contributed by atoms with E-state index in [1.54, 1.807) is 31.1 Å². The van der Waals surface area contributed by atoms with Gasteiger partial charge in [-0.25, -0.2) is 0 Å². The molecule has 2 amide bonds. The number of halogens is 3. The van der Waals surface area contributed by atoms with Gasteiger partial charge >= 0.3 is 0 Å². The van der Waals surface area contributed by atoms with Crippen molar-refractivity contribution >= 4 is 77.6 Å². The van der Waals surface area contributed by atoms with Crippen LogP contribution in [0.1, 0.15) is 43.4 Å². The van der Waals surface area contributed by atoms with E-state index in [9.17, 15) is 9.59 Å². The number of alkyl halides is 1. The van der Waals surface area contributed by atoms with Crippen molar-refractivity contribution in [3.63, 3.8) is 0 Å². The SMILES string of the molecule is CC(=O)N1CCc2cc(OCCC3=CCN(C)CC3)c(Br)cc21.CC(=O)N1CCc2cc(OCCc3ccncc3)c(Br)cc21.CI. The summed E-state index contributed by atoms with van der Waals surface area (Å²) in [6.07, 6.45) is 10.6. The van der Waals surface area contributed by atoms with Crippen molar-refractivity contribution in [2.75, 3.05) is 61.2 Å². The second kappa shape index (κ2) is 18.3. The smallest absolute Gasteiger partial charge is 0.223 e. The highest BCUT2D eigenvalue weighted by molar-refractivity contribution is 14.1. The van der Waals surface area contributed by atoms with Gasteiger partial charge in [0.1, 0.15) is 11.5 Å². The van der Waals surface area contributed by atoms with Gasteiger partial charge in [0.15, 0.2) is 0 Å². The monoisotopic (exact) mass is 880 g/mol. The number of pyridine rings is 1. The summed E-state index contributed by atoms with van der Waals surface area (Å²) < 4.78 is 13.7. The number of hydrogen-bond donors (Lipinski definition) is 0. The van der Waals surface area contributed by atoms with Crippen molar-refractivity contribution < 1.29 is 19.1 Å². The van der Waals surface area contributed by atoms with Crippen LogP contribution in [-0.2, 0) is 28.9 Å². The molecule has 4 heterocycles. The summed E-state index contributed by atoms with van der Waals surface area (Å²) in [7, 11) is 2.15. The summed E-state index contributed by atoms with van der Waals surface area (Å²) in [5.41, 5.74) is 7.04. The molecule has 2 aromatic carbocycles. The van der Waals surface area contributed by atoms with Gasteiger partial charge in [0.2, 0.25) is 11.8 Å². The molecule has 0 saturated carbocycles. The first-order valence-corrected chi connectivity index (χ1v) is 19.5. The zero-order valence-corrected chi connectivity index (χ0v) is 32.9. The molecule has 0 atom stereocenters. The molecule has 47 heavy (non-hydrogen) atoms. The summed E-state index contributed by atoms with van der Waals surface area (Å²) in [5.74, 6) is 1.89. The molecule has 8 nitrogen and oxygen atoms in total. The summed E-state index contributed by atoms with van der Waals surface area (Å²) in [5, 5.41) is 0. The maximum Gasteiger partial charge on any atom is 0.223 e. The van der Waals surface area contributed by atoms with Gasteiger partial charge in [-0.15, -0.1) is 0 Å². The lowest BCUT2D eigenvalue weighted by molar-refractivity contribution is -0.117. The molecule has 0 radical (unpaired) electrons. The van der Waals surface area contributed by atoms with Gasteiger partial charge in [-0.1, -0.05) is 34.2 Å². The minimum Gasteiger partial charge on any atom is -0.492 e. The number of benzene rings is 2. The zero-order chi connectivity index (χ0) is 33.9. The third-order valence-electron chi connectivity index (χ3n) is 8.40. The molecule has 1 aromatic heterocycles. The zero-order valence-electron chi connectivity index (χ0n) is 27.5. The lowest BCUT2D eigenvalue weighted by Crippen LogP contribution is -2.25. The quantitative estimate of drug-likeness (QED) is 0.131. The highest BCUT2D eigenvalue weighted by Crippen LogP contribution is 2.38. The largest absolute Gasteiger partial charge is 0.492 e. The summed E-state index contributed by atoms with van der Waals surface area (Å²) in [4.78, 5) is 35.2. The average Bonchev–Trinajstić information content (AvgIpc) is 3.68. The van der Waals surface area contributed by atoms with Crippen molar-refractivity contribution in [1.29, 1.82) is 0 Å². The van der Waals surface area contributed by atoms with E-state index in [0.717, 1.165) is 95.7 Å². The fourth-order valence-corrected chi connectivity index (χ4v) is 6.71. The molecule has 0 unspecified atom stereocenters. The van der Waals surface area contributed by atoms with Crippen LogP contribution in [0.25, 0.3) is 0 Å². The molecular weight excluding hydrogens is 839 g/mol. The predicted octanol–water partition coefficient (Wildman–Crippen LogP) is 7.81. The average molecular weight is 882 g/mol. The topological polar surface area (TPSA) is 75.2 Å². The first-order valence-electron chi connectivity index (χ1n) is 15.8. The van der Waals surface area contributed by atoms with Crippen molar-refractivity contribution in [2.24, 2.45) is 0 Å². The molecule has 0 fully saturated rings. The number of fused-ring (bicyclic) bond motifs is 2. The molecule has 3 aromatic rings. The number of aromatic nitrogens is 1. The fraction of sp³-hybridized carbons (Fsp3) is 0.417. The van der Waals surface area contributed by atoms with E-state index in [2.05, 4.69) is 83.5 Å². The maximum absolute atomic E-state index is 11.6. The standard InChI is InChI=1S/C18H23BrN2O2.C17H17BrN2O2.CH3I/c1-13(22)21-9-5-15-11-18(16(19)12-17(15)21)23-10-6-14-3-7-20(2)8-4-14;1-12(21)20-8-4-14-10-17(15(18)11-16(14)20)22-9-5-13-2-6-19-7-3-13;1-2/h3,11-12H,4-10H2,1-2H3;2-3,6-7,10-11H,4-5,8-9H2,1H3;1H3. The van der Waals surface area contributed by atoms with Crippen LogP contribution in [0, 0.1) is 0 Å². The van der Waals surface area contributed by atoms with Crippen LogP contribution in [0.5, 0.6) is 11.5 Å². The number of nitrogens with zero attached hydrogens (tertiary/aromatic N) is 4. The third-order valence-corrected chi connectivity index (χ3v) is 9.64. The second-order valence-corrected chi connectivity index (χ2v) is 13.3. The normalized spacial score (nSPS) is 15.0. The van der Waals surface area contributed by atoms with E-state index < -0.39 is 0 Å². The van der Waals surface area contributed by atoms with E-state index in [1.807, 2.05) is 40.2 Å². The Labute approximate surface area is 309 Å². The van der Waals surface area contributed by atoms with Crippen LogP contribution in [0.2, 0.25) is 0 Å². The van der Waals surface area contributed by atoms with Crippen LogP contribution < -0.4 is 19.3 Å². The number of hydrogen-bond acceptors (Lipinski definition) is 6. The van der Waals surface area contributed by atoms with Gasteiger partial charge in [-0.05, 0) is 116 Å². The van der Waals surface area contributed by atoms with Gasteiger partial charge in [0.05, 0.1) is 22.2 Å². The number of anilines is 2. The summed E-state index contributed by atoms with van der Waals surface area (Å²) >= 11 is 9.27. The third kappa shape index (κ3) is 10.3. The number of carbonyl (C=O) groups excluding carboxylic acids is 2. The number of rotatable bonds is 8. The molecule has 6 rings (SSSR count). The van der Waals surface area contributed by atoms with Gasteiger partial charge < -0.3 is 24.2 Å². The van der Waals surface area contributed by atoms with Crippen molar-refractivity contribution in [2.45, 2.75) is 46.0 Å². The van der Waals surface area contributed by atoms with Crippen LogP contribution >= 0.6 is 54.5 Å². The Bertz CT molecular complexity index is 1570. The summed E-state index contributed by atoms with van der Waals surface area (Å²) in [6, 6.07) is 12.1. The highest BCUT2D eigenvalue weighted by Gasteiger charge is 2.25. The van der Waals surface area contributed by atoms with Crippen molar-refractivity contribution in [3.05, 3.63) is 86.1 Å². The van der Waals surface area contributed by atoms with Crippen LogP contribution in [0.3, 0.4) is 0 Å². The van der Waals surface area contributed by atoms with E-state index in [0.29, 0.717) is 13.2 Å². The molecule has 0 saturated heterocycles. The van der Waals surface area contributed by atoms with E-state index in [-0.39, 0.29) is 11.8 Å². The fourth-order valence-electron chi connectivity index (χ4n) is 5.81. The minimum absolute atomic E-state index is 0.0806. The van der Waals surface area contributed by atoms with Crippen molar-refractivity contribution in [3.8, 4) is 11.5 Å². The lowest BCUT2D eigenvalue weighted by Gasteiger charge is -2.22. The van der Waals surface area contributed by atoms with E-state index in [1.165, 1.54) is 16.7 Å². The number of carbonyl (C=O) groups is 2. The molecule has 0 N–H and O–H groups in total. The van der Waals surface area contributed by atoms with Gasteiger partial charge in [0.25, 0.3) is 0 Å². The Morgan fingerprint density at radius 3 is 1.77 bits per heavy atom. The maximum atomic E-state index is 11.6. The molecule has 0 spiro atoms. The van der Waals surface area contributed by atoms with Gasteiger partial charge in [0, 0.05) is 76.6 Å². The first kappa shape index (κ1) is 37.3. The molecule has 3 aliphatic heterocycles. The number of likely N-dealkylation sites (N-methyl/N-ethyl adjacent to an activating group) is 1. The lowest BCUT2D eigenvalue weighted by atomic mass is 10.1. The molecule has 252 valence electrons. The van der Waals surface area contributed by atoms with Crippen molar-refractivity contribution in [1.82, 2.24) is 9.88 Å². The first-order chi connectivity index (χ1) is 22.7. The van der Waals surface area contributed by atoms with Gasteiger partial charge in [-0.2, -0.15) is 0 Å². The molecule has 0 bridgehead atoms. The number of ether oxygens (including phenoxy) is 2.